The van der Waals surface area contributed by atoms with Crippen molar-refractivity contribution >= 4 is 31.5 Å². The van der Waals surface area contributed by atoms with Gasteiger partial charge in [0.2, 0.25) is 0 Å². The summed E-state index contributed by atoms with van der Waals surface area (Å²) in [6, 6.07) is 75.3. The maximum absolute atomic E-state index is 6.63. The molecule has 0 N–H and O–H groups in total. The van der Waals surface area contributed by atoms with E-state index in [0.29, 0.717) is 17.5 Å². The van der Waals surface area contributed by atoms with E-state index in [1.54, 1.807) is 0 Å². The smallest absolute Gasteiger partial charge is 0.164 e. The fourth-order valence-electron chi connectivity index (χ4n) is 10.1. The van der Waals surface area contributed by atoms with Crippen molar-refractivity contribution in [2.75, 3.05) is 0 Å². The normalized spacial score (nSPS) is 13.0. The molecule has 13 rings (SSSR count). The van der Waals surface area contributed by atoms with E-state index in [9.17, 15) is 0 Å². The second-order valence-electron chi connectivity index (χ2n) is 16.2. The highest BCUT2D eigenvalue weighted by molar-refractivity contribution is 7.26. The summed E-state index contributed by atoms with van der Waals surface area (Å²) in [5.74, 6) is 3.56. The van der Waals surface area contributed by atoms with Crippen LogP contribution in [0.2, 0.25) is 0 Å². The topological polar surface area (TPSA) is 47.9 Å². The van der Waals surface area contributed by atoms with Crippen molar-refractivity contribution in [2.24, 2.45) is 0 Å². The number of fused-ring (bicyclic) bond motifs is 12. The maximum atomic E-state index is 6.63. The molecule has 0 atom stereocenters. The van der Waals surface area contributed by atoms with Crippen LogP contribution in [0.15, 0.2) is 212 Å². The lowest BCUT2D eigenvalue weighted by atomic mass is 9.66. The molecule has 294 valence electrons. The van der Waals surface area contributed by atoms with Crippen molar-refractivity contribution < 1.29 is 4.74 Å². The average molecular weight is 822 g/mol. The summed E-state index contributed by atoms with van der Waals surface area (Å²) in [5.41, 5.74) is 13.7. The summed E-state index contributed by atoms with van der Waals surface area (Å²) < 4.78 is 9.19. The Bertz CT molecular complexity index is 3580. The van der Waals surface area contributed by atoms with E-state index >= 15 is 0 Å². The second kappa shape index (κ2) is 14.0. The van der Waals surface area contributed by atoms with Crippen LogP contribution in [0.25, 0.3) is 87.7 Å². The van der Waals surface area contributed by atoms with Gasteiger partial charge in [0.1, 0.15) is 11.5 Å². The number of hydrogen-bond donors (Lipinski definition) is 0. The fraction of sp³-hybridized carbons (Fsp3) is 0.0172. The number of nitrogens with zero attached hydrogens (tertiary/aromatic N) is 3. The highest BCUT2D eigenvalue weighted by Gasteiger charge is 2.51. The lowest BCUT2D eigenvalue weighted by Gasteiger charge is -2.39. The summed E-state index contributed by atoms with van der Waals surface area (Å²) in [6.07, 6.45) is 0. The molecule has 0 unspecified atom stereocenters. The average Bonchev–Trinajstić information content (AvgIpc) is 3.88. The van der Waals surface area contributed by atoms with Gasteiger partial charge in [-0.25, -0.2) is 15.0 Å². The molecule has 0 saturated heterocycles. The van der Waals surface area contributed by atoms with Crippen molar-refractivity contribution in [3.05, 3.63) is 235 Å². The van der Waals surface area contributed by atoms with Crippen LogP contribution in [0.5, 0.6) is 11.5 Å². The van der Waals surface area contributed by atoms with Gasteiger partial charge in [-0.3, -0.25) is 0 Å². The summed E-state index contributed by atoms with van der Waals surface area (Å²) in [6.45, 7) is 0. The number of para-hydroxylation sites is 2. The van der Waals surface area contributed by atoms with Gasteiger partial charge in [-0.15, -0.1) is 11.3 Å². The summed E-state index contributed by atoms with van der Waals surface area (Å²) in [4.78, 5) is 16.1. The Morgan fingerprint density at radius 3 is 1.67 bits per heavy atom. The first-order chi connectivity index (χ1) is 31.2. The number of rotatable bonds is 5. The van der Waals surface area contributed by atoms with Crippen LogP contribution < -0.4 is 4.74 Å². The zero-order chi connectivity index (χ0) is 41.5. The number of ether oxygens (including phenoxy) is 1. The van der Waals surface area contributed by atoms with E-state index in [4.69, 9.17) is 19.7 Å². The number of aromatic nitrogens is 3. The molecule has 0 radical (unpaired) electrons. The summed E-state index contributed by atoms with van der Waals surface area (Å²) in [5, 5.41) is 2.55. The van der Waals surface area contributed by atoms with Crippen LogP contribution in [0, 0.1) is 0 Å². The van der Waals surface area contributed by atoms with E-state index in [2.05, 4.69) is 206 Å². The molecule has 1 spiro atoms. The zero-order valence-electron chi connectivity index (χ0n) is 33.9. The molecular weight excluding hydrogens is 787 g/mol. The molecule has 63 heavy (non-hydrogen) atoms. The molecule has 0 amide bonds. The Balaban J connectivity index is 1.04. The Kier molecular flexibility index (Phi) is 7.96. The standard InChI is InChI=1S/C58H35N3OS/c1-2-16-36(17-3-1)40-20-4-5-23-46(40)57-60-55(38-19-14-18-37(34-38)41-24-15-25-45-44-22-7-13-31-53(44)63-54(41)45)59-56(61-57)39-32-33-43-42-21-6-8-26-47(42)58(50(43)35-39)48-27-9-11-29-51(48)62-52-30-12-10-28-49(52)58/h1-35H. The Hall–Kier alpha value is -7.99. The molecule has 4 nitrogen and oxygen atoms in total. The zero-order valence-corrected chi connectivity index (χ0v) is 34.7. The van der Waals surface area contributed by atoms with Crippen LogP contribution >= 0.6 is 11.3 Å². The Morgan fingerprint density at radius 1 is 0.333 bits per heavy atom. The minimum Gasteiger partial charge on any atom is -0.457 e. The molecule has 0 fully saturated rings. The maximum Gasteiger partial charge on any atom is 0.164 e. The predicted molar refractivity (Wildman–Crippen MR) is 257 cm³/mol. The van der Waals surface area contributed by atoms with Crippen molar-refractivity contribution in [3.8, 4) is 79.0 Å². The van der Waals surface area contributed by atoms with Crippen molar-refractivity contribution in [1.29, 1.82) is 0 Å². The predicted octanol–water partition coefficient (Wildman–Crippen LogP) is 15.0. The lowest BCUT2D eigenvalue weighted by molar-refractivity contribution is 0.436. The first-order valence-electron chi connectivity index (χ1n) is 21.3. The van der Waals surface area contributed by atoms with E-state index in [-0.39, 0.29) is 0 Å². The minimum absolute atomic E-state index is 0.609. The van der Waals surface area contributed by atoms with Crippen molar-refractivity contribution in [2.45, 2.75) is 5.41 Å². The second-order valence-corrected chi connectivity index (χ2v) is 17.3. The van der Waals surface area contributed by atoms with Crippen LogP contribution in [-0.4, -0.2) is 15.0 Å². The third-order valence-electron chi connectivity index (χ3n) is 12.8. The van der Waals surface area contributed by atoms with E-state index < -0.39 is 5.41 Å². The highest BCUT2D eigenvalue weighted by Crippen LogP contribution is 2.62. The van der Waals surface area contributed by atoms with Gasteiger partial charge in [0.15, 0.2) is 17.5 Å². The Morgan fingerprint density at radius 2 is 0.873 bits per heavy atom. The van der Waals surface area contributed by atoms with Crippen LogP contribution in [0.1, 0.15) is 22.3 Å². The van der Waals surface area contributed by atoms with Gasteiger partial charge in [-0.2, -0.15) is 0 Å². The van der Waals surface area contributed by atoms with Gasteiger partial charge < -0.3 is 4.74 Å². The third kappa shape index (κ3) is 5.43. The first-order valence-corrected chi connectivity index (χ1v) is 22.1. The first kappa shape index (κ1) is 35.7. The molecule has 9 aromatic carbocycles. The van der Waals surface area contributed by atoms with E-state index in [1.165, 1.54) is 48.0 Å². The number of hydrogen-bond acceptors (Lipinski definition) is 5. The van der Waals surface area contributed by atoms with E-state index in [1.807, 2.05) is 17.4 Å². The quantitative estimate of drug-likeness (QED) is 0.173. The van der Waals surface area contributed by atoms with Crippen molar-refractivity contribution in [3.63, 3.8) is 0 Å². The molecule has 2 aliphatic rings. The molecule has 0 bridgehead atoms. The Labute approximate surface area is 368 Å². The summed E-state index contributed by atoms with van der Waals surface area (Å²) in [7, 11) is 0. The number of benzene rings is 9. The van der Waals surface area contributed by atoms with Gasteiger partial charge in [-0.1, -0.05) is 182 Å². The molecular formula is C58H35N3OS. The van der Waals surface area contributed by atoms with Gasteiger partial charge in [0.25, 0.3) is 0 Å². The van der Waals surface area contributed by atoms with Crippen LogP contribution in [0.4, 0.5) is 0 Å². The highest BCUT2D eigenvalue weighted by atomic mass is 32.1. The van der Waals surface area contributed by atoms with Gasteiger partial charge >= 0.3 is 0 Å². The van der Waals surface area contributed by atoms with Gasteiger partial charge in [0.05, 0.1) is 5.41 Å². The van der Waals surface area contributed by atoms with Gasteiger partial charge in [0, 0.05) is 48.0 Å². The molecule has 11 aromatic rings. The monoisotopic (exact) mass is 821 g/mol. The molecule has 1 aliphatic carbocycles. The SMILES string of the molecule is c1ccc(-c2ccccc2-c2nc(-c3cccc(-c4cccc5c4sc4ccccc45)c3)nc(-c3ccc4c(c3)C3(c5ccccc5Oc5ccccc53)c3ccccc3-4)n2)cc1. The lowest BCUT2D eigenvalue weighted by Crippen LogP contribution is -2.32. The molecule has 5 heteroatoms. The third-order valence-corrected chi connectivity index (χ3v) is 14.0. The molecule has 0 saturated carbocycles. The van der Waals surface area contributed by atoms with Crippen molar-refractivity contribution in [1.82, 2.24) is 15.0 Å². The van der Waals surface area contributed by atoms with Gasteiger partial charge in [-0.05, 0) is 74.8 Å². The minimum atomic E-state index is -0.617. The summed E-state index contributed by atoms with van der Waals surface area (Å²) >= 11 is 1.84. The molecule has 3 heterocycles. The molecule has 1 aliphatic heterocycles. The largest absolute Gasteiger partial charge is 0.457 e. The number of thiophene rings is 1. The van der Waals surface area contributed by atoms with E-state index in [0.717, 1.165) is 56.0 Å². The molecule has 2 aromatic heterocycles. The fourth-order valence-corrected chi connectivity index (χ4v) is 11.3. The van der Waals surface area contributed by atoms with Crippen LogP contribution in [0.3, 0.4) is 0 Å². The van der Waals surface area contributed by atoms with Crippen LogP contribution in [-0.2, 0) is 5.41 Å².